The van der Waals surface area contributed by atoms with Gasteiger partial charge in [-0.3, -0.25) is 9.78 Å². The molecule has 2 aromatic rings. The van der Waals surface area contributed by atoms with Gasteiger partial charge >= 0.3 is 0 Å². The molecule has 1 amide bonds. The number of fused-ring (bicyclic) bond motifs is 1. The smallest absolute Gasteiger partial charge is 0.244 e. The van der Waals surface area contributed by atoms with Crippen LogP contribution in [0.3, 0.4) is 0 Å². The Morgan fingerprint density at radius 2 is 2.04 bits per heavy atom. The topological polar surface area (TPSA) is 69.7 Å². The number of carbonyl (C=O) groups excluding carboxylic acids is 1. The zero-order valence-electron chi connectivity index (χ0n) is 15.0. The number of hydrogen-bond acceptors (Lipinski definition) is 5. The second-order valence-corrected chi connectivity index (χ2v) is 6.67. The third-order valence-electron chi connectivity index (χ3n) is 4.90. The first-order valence-electron chi connectivity index (χ1n) is 9.15. The van der Waals surface area contributed by atoms with E-state index in [-0.39, 0.29) is 18.7 Å². The van der Waals surface area contributed by atoms with Crippen molar-refractivity contribution in [3.05, 3.63) is 59.9 Å². The molecule has 0 bridgehead atoms. The third kappa shape index (κ3) is 4.28. The van der Waals surface area contributed by atoms with E-state index in [1.54, 1.807) is 18.3 Å². The van der Waals surface area contributed by atoms with Crippen molar-refractivity contribution in [3.8, 4) is 11.5 Å². The molecular formula is C21H22N2O4. The molecule has 1 atom stereocenters. The minimum atomic E-state index is -0.131. The predicted molar refractivity (Wildman–Crippen MR) is 100 cm³/mol. The summed E-state index contributed by atoms with van der Waals surface area (Å²) < 4.78 is 16.1. The number of benzene rings is 1. The lowest BCUT2D eigenvalue weighted by atomic mass is 9.87. The fourth-order valence-electron chi connectivity index (χ4n) is 3.47. The van der Waals surface area contributed by atoms with E-state index >= 15 is 0 Å². The molecule has 1 fully saturated rings. The number of carbonyl (C=O) groups is 1. The average molecular weight is 366 g/mol. The molecule has 0 radical (unpaired) electrons. The summed E-state index contributed by atoms with van der Waals surface area (Å²) in [5.41, 5.74) is 1.91. The van der Waals surface area contributed by atoms with Gasteiger partial charge < -0.3 is 19.5 Å². The fraction of sp³-hybridized carbons (Fsp3) is 0.333. The number of rotatable bonds is 5. The summed E-state index contributed by atoms with van der Waals surface area (Å²) >= 11 is 0. The summed E-state index contributed by atoms with van der Waals surface area (Å²) in [6.07, 6.45) is 8.74. The highest BCUT2D eigenvalue weighted by molar-refractivity contribution is 5.92. The molecule has 0 saturated carbocycles. The normalized spacial score (nSPS) is 17.8. The molecule has 2 aliphatic rings. The zero-order valence-corrected chi connectivity index (χ0v) is 15.0. The van der Waals surface area contributed by atoms with Gasteiger partial charge in [0, 0.05) is 31.7 Å². The van der Waals surface area contributed by atoms with Crippen molar-refractivity contribution < 1.29 is 19.0 Å². The molecule has 1 N–H and O–H groups in total. The van der Waals surface area contributed by atoms with Gasteiger partial charge in [-0.05, 0) is 54.2 Å². The molecule has 3 heterocycles. The maximum Gasteiger partial charge on any atom is 0.244 e. The van der Waals surface area contributed by atoms with Gasteiger partial charge in [-0.25, -0.2) is 0 Å². The lowest BCUT2D eigenvalue weighted by molar-refractivity contribution is -0.117. The number of nitrogens with zero attached hydrogens (tertiary/aromatic N) is 1. The molecule has 2 aliphatic heterocycles. The van der Waals surface area contributed by atoms with Crippen LogP contribution < -0.4 is 14.8 Å². The number of amides is 1. The Hall–Kier alpha value is -2.86. The van der Waals surface area contributed by atoms with Crippen molar-refractivity contribution in [1.29, 1.82) is 0 Å². The Kier molecular flexibility index (Phi) is 5.34. The minimum absolute atomic E-state index is 0.0727. The minimum Gasteiger partial charge on any atom is -0.454 e. The molecule has 0 spiro atoms. The molecule has 1 unspecified atom stereocenters. The maximum atomic E-state index is 12.6. The van der Waals surface area contributed by atoms with E-state index in [9.17, 15) is 4.79 Å². The highest BCUT2D eigenvalue weighted by Gasteiger charge is 2.26. The summed E-state index contributed by atoms with van der Waals surface area (Å²) in [7, 11) is 0. The predicted octanol–water partition coefficient (Wildman–Crippen LogP) is 3.11. The Bertz CT molecular complexity index is 816. The number of ether oxygens (including phenoxy) is 3. The maximum absolute atomic E-state index is 12.6. The van der Waals surface area contributed by atoms with Gasteiger partial charge in [0.25, 0.3) is 0 Å². The van der Waals surface area contributed by atoms with Gasteiger partial charge in [0.1, 0.15) is 0 Å². The van der Waals surface area contributed by atoms with Gasteiger partial charge in [0.15, 0.2) is 11.5 Å². The van der Waals surface area contributed by atoms with Gasteiger partial charge in [-0.15, -0.1) is 0 Å². The quantitative estimate of drug-likeness (QED) is 0.824. The number of nitrogens with one attached hydrogen (secondary N) is 1. The van der Waals surface area contributed by atoms with Crippen molar-refractivity contribution in [3.63, 3.8) is 0 Å². The van der Waals surface area contributed by atoms with Gasteiger partial charge in [0.05, 0.1) is 6.04 Å². The highest BCUT2D eigenvalue weighted by atomic mass is 16.7. The lowest BCUT2D eigenvalue weighted by Crippen LogP contribution is -2.35. The van der Waals surface area contributed by atoms with Crippen LogP contribution in [0.1, 0.15) is 30.0 Å². The number of hydrogen-bond donors (Lipinski definition) is 1. The van der Waals surface area contributed by atoms with Crippen molar-refractivity contribution in [2.24, 2.45) is 5.92 Å². The monoisotopic (exact) mass is 366 g/mol. The molecule has 1 saturated heterocycles. The summed E-state index contributed by atoms with van der Waals surface area (Å²) in [6, 6.07) is 9.44. The second kappa shape index (κ2) is 8.22. The molecule has 1 aromatic heterocycles. The van der Waals surface area contributed by atoms with Crippen LogP contribution in [0.2, 0.25) is 0 Å². The Morgan fingerprint density at radius 3 is 2.85 bits per heavy atom. The first-order chi connectivity index (χ1) is 13.3. The third-order valence-corrected chi connectivity index (χ3v) is 4.90. The molecule has 6 nitrogen and oxygen atoms in total. The van der Waals surface area contributed by atoms with Crippen molar-refractivity contribution in [2.45, 2.75) is 18.9 Å². The average Bonchev–Trinajstić information content (AvgIpc) is 3.20. The van der Waals surface area contributed by atoms with E-state index < -0.39 is 0 Å². The summed E-state index contributed by atoms with van der Waals surface area (Å²) in [5, 5.41) is 3.15. The SMILES string of the molecule is O=C(/C=C/c1ccc2c(c1)OCO2)NC(c1cccnc1)C1CCOCC1. The van der Waals surface area contributed by atoms with Crippen LogP contribution >= 0.6 is 0 Å². The van der Waals surface area contributed by atoms with Crippen molar-refractivity contribution in [2.75, 3.05) is 20.0 Å². The molecule has 140 valence electrons. The van der Waals surface area contributed by atoms with Gasteiger partial charge in [-0.2, -0.15) is 0 Å². The van der Waals surface area contributed by atoms with Crippen LogP contribution in [0.4, 0.5) is 0 Å². The van der Waals surface area contributed by atoms with Crippen LogP contribution in [0, 0.1) is 5.92 Å². The van der Waals surface area contributed by atoms with E-state index in [0.29, 0.717) is 11.7 Å². The number of aromatic nitrogens is 1. The van der Waals surface area contributed by atoms with Crippen molar-refractivity contribution >= 4 is 12.0 Å². The van der Waals surface area contributed by atoms with E-state index in [4.69, 9.17) is 14.2 Å². The van der Waals surface area contributed by atoms with E-state index in [0.717, 1.165) is 42.9 Å². The summed E-state index contributed by atoms with van der Waals surface area (Å²) in [6.45, 7) is 1.69. The molecular weight excluding hydrogens is 344 g/mol. The Labute approximate surface area is 158 Å². The first-order valence-corrected chi connectivity index (χ1v) is 9.15. The second-order valence-electron chi connectivity index (χ2n) is 6.67. The van der Waals surface area contributed by atoms with Gasteiger partial charge in [-0.1, -0.05) is 12.1 Å². The van der Waals surface area contributed by atoms with Crippen LogP contribution in [0.25, 0.3) is 6.08 Å². The van der Waals surface area contributed by atoms with E-state index in [2.05, 4.69) is 10.3 Å². The molecule has 1 aromatic carbocycles. The zero-order chi connectivity index (χ0) is 18.5. The molecule has 0 aliphatic carbocycles. The summed E-state index contributed by atoms with van der Waals surface area (Å²) in [4.78, 5) is 16.8. The van der Waals surface area contributed by atoms with Gasteiger partial charge in [0.2, 0.25) is 12.7 Å². The largest absolute Gasteiger partial charge is 0.454 e. The van der Waals surface area contributed by atoms with E-state index in [1.807, 2.05) is 36.5 Å². The van der Waals surface area contributed by atoms with Crippen LogP contribution in [0.15, 0.2) is 48.8 Å². The number of pyridine rings is 1. The Morgan fingerprint density at radius 1 is 1.19 bits per heavy atom. The molecule has 4 rings (SSSR count). The Balaban J connectivity index is 1.46. The highest BCUT2D eigenvalue weighted by Crippen LogP contribution is 2.33. The fourth-order valence-corrected chi connectivity index (χ4v) is 3.47. The van der Waals surface area contributed by atoms with Crippen LogP contribution in [-0.2, 0) is 9.53 Å². The lowest BCUT2D eigenvalue weighted by Gasteiger charge is -2.30. The molecule has 6 heteroatoms. The first kappa shape index (κ1) is 17.5. The molecule has 27 heavy (non-hydrogen) atoms. The van der Waals surface area contributed by atoms with Crippen molar-refractivity contribution in [1.82, 2.24) is 10.3 Å². The van der Waals surface area contributed by atoms with E-state index in [1.165, 1.54) is 0 Å². The van der Waals surface area contributed by atoms with Crippen LogP contribution in [-0.4, -0.2) is 30.9 Å². The summed E-state index contributed by atoms with van der Waals surface area (Å²) in [5.74, 6) is 1.64. The standard InChI is InChI=1S/C21H22N2O4/c24-20(6-4-15-3-5-18-19(12-15)27-14-26-18)23-21(16-7-10-25-11-8-16)17-2-1-9-22-13-17/h1-6,9,12-13,16,21H,7-8,10-11,14H2,(H,23,24)/b6-4+. The van der Waals surface area contributed by atoms with Crippen LogP contribution in [0.5, 0.6) is 11.5 Å².